The van der Waals surface area contributed by atoms with E-state index in [0.29, 0.717) is 53.6 Å². The maximum atomic E-state index is 12.7. The van der Waals surface area contributed by atoms with Crippen molar-refractivity contribution in [1.29, 1.82) is 0 Å². The predicted octanol–water partition coefficient (Wildman–Crippen LogP) is 5.18. The summed E-state index contributed by atoms with van der Waals surface area (Å²) >= 11 is 4.81. The van der Waals surface area contributed by atoms with Gasteiger partial charge in [-0.25, -0.2) is 14.6 Å². The third kappa shape index (κ3) is 4.32. The Labute approximate surface area is 195 Å². The number of thiazole rings is 1. The zero-order valence-corrected chi connectivity index (χ0v) is 19.1. The van der Waals surface area contributed by atoms with Gasteiger partial charge in [0, 0.05) is 40.0 Å². The van der Waals surface area contributed by atoms with E-state index in [1.54, 1.807) is 29.2 Å². The molecule has 2 aromatic heterocycles. The third-order valence-corrected chi connectivity index (χ3v) is 6.46. The number of carbonyl (C=O) groups excluding carboxylic acids is 1. The number of morpholine rings is 1. The van der Waals surface area contributed by atoms with Crippen molar-refractivity contribution in [3.8, 4) is 27.6 Å². The van der Waals surface area contributed by atoms with Crippen LogP contribution in [0.1, 0.15) is 0 Å². The molecule has 0 unspecified atom stereocenters. The molecule has 0 radical (unpaired) electrons. The summed E-state index contributed by atoms with van der Waals surface area (Å²) in [5.74, 6) is 0.316. The molecule has 32 heavy (non-hydrogen) atoms. The maximum Gasteiger partial charge on any atom is 0.415 e. The van der Waals surface area contributed by atoms with Crippen molar-refractivity contribution in [2.45, 2.75) is 0 Å². The average molecular weight is 513 g/mol. The first kappa shape index (κ1) is 20.9. The summed E-state index contributed by atoms with van der Waals surface area (Å²) < 4.78 is 17.2. The number of halogens is 1. The smallest absolute Gasteiger partial charge is 0.415 e. The van der Waals surface area contributed by atoms with Crippen molar-refractivity contribution in [3.05, 3.63) is 68.8 Å². The van der Waals surface area contributed by atoms with Crippen LogP contribution in [0.4, 0.5) is 4.79 Å². The fourth-order valence-electron chi connectivity index (χ4n) is 3.37. The van der Waals surface area contributed by atoms with Crippen molar-refractivity contribution in [2.75, 3.05) is 26.3 Å². The lowest BCUT2D eigenvalue weighted by molar-refractivity contribution is 0.0416. The molecule has 5 rings (SSSR count). The first-order valence-electron chi connectivity index (χ1n) is 9.91. The van der Waals surface area contributed by atoms with Gasteiger partial charge in [-0.3, -0.25) is 0 Å². The molecule has 0 spiro atoms. The van der Waals surface area contributed by atoms with Gasteiger partial charge in [-0.1, -0.05) is 28.1 Å². The minimum absolute atomic E-state index is 0.316. The summed E-state index contributed by atoms with van der Waals surface area (Å²) in [5.41, 5.74) is 2.00. The van der Waals surface area contributed by atoms with E-state index in [0.717, 1.165) is 15.7 Å². The molecule has 7 nitrogen and oxygen atoms in total. The standard InChI is InChI=1S/C23H17BrN2O5S/c24-16-4-1-14(2-5-16)19-13-32-21(25-19)18-11-15-3-6-17(12-20(15)31-22(18)27)30-23(28)26-7-9-29-10-8-26/h1-6,11-13H,7-10H2. The molecule has 4 aromatic rings. The molecule has 0 bridgehead atoms. The van der Waals surface area contributed by atoms with E-state index in [1.165, 1.54) is 11.3 Å². The molecule has 2 aromatic carbocycles. The molecule has 162 valence electrons. The van der Waals surface area contributed by atoms with Gasteiger partial charge in [-0.15, -0.1) is 11.3 Å². The van der Waals surface area contributed by atoms with Crippen molar-refractivity contribution in [2.24, 2.45) is 0 Å². The van der Waals surface area contributed by atoms with Gasteiger partial charge in [0.2, 0.25) is 0 Å². The van der Waals surface area contributed by atoms with Crippen LogP contribution in [-0.2, 0) is 4.74 Å². The Kier molecular flexibility index (Phi) is 5.77. The van der Waals surface area contributed by atoms with E-state index in [2.05, 4.69) is 20.9 Å². The van der Waals surface area contributed by atoms with Crippen LogP contribution in [0.25, 0.3) is 32.8 Å². The molecule has 1 fully saturated rings. The number of benzene rings is 2. The van der Waals surface area contributed by atoms with Gasteiger partial charge in [0.25, 0.3) is 0 Å². The number of hydrogen-bond donors (Lipinski definition) is 0. The van der Waals surface area contributed by atoms with Gasteiger partial charge >= 0.3 is 11.7 Å². The average Bonchev–Trinajstić information content (AvgIpc) is 3.29. The monoisotopic (exact) mass is 512 g/mol. The van der Waals surface area contributed by atoms with Crippen LogP contribution < -0.4 is 10.4 Å². The lowest BCUT2D eigenvalue weighted by Crippen LogP contribution is -2.42. The Morgan fingerprint density at radius 3 is 2.66 bits per heavy atom. The van der Waals surface area contributed by atoms with E-state index in [9.17, 15) is 9.59 Å². The number of aromatic nitrogens is 1. The number of hydrogen-bond acceptors (Lipinski definition) is 7. The Balaban J connectivity index is 1.40. The molecule has 0 aliphatic carbocycles. The van der Waals surface area contributed by atoms with Crippen molar-refractivity contribution < 1.29 is 18.7 Å². The lowest BCUT2D eigenvalue weighted by Gasteiger charge is -2.25. The van der Waals surface area contributed by atoms with E-state index < -0.39 is 11.7 Å². The Morgan fingerprint density at radius 2 is 1.88 bits per heavy atom. The van der Waals surface area contributed by atoms with Crippen LogP contribution in [0.5, 0.6) is 5.75 Å². The molecule has 1 aliphatic heterocycles. The Hall–Kier alpha value is -3.01. The zero-order chi connectivity index (χ0) is 22.1. The molecule has 0 N–H and O–H groups in total. The number of ether oxygens (including phenoxy) is 2. The lowest BCUT2D eigenvalue weighted by atomic mass is 10.1. The van der Waals surface area contributed by atoms with Crippen molar-refractivity contribution in [1.82, 2.24) is 9.88 Å². The van der Waals surface area contributed by atoms with E-state index in [1.807, 2.05) is 29.6 Å². The fourth-order valence-corrected chi connectivity index (χ4v) is 4.46. The summed E-state index contributed by atoms with van der Waals surface area (Å²) in [4.78, 5) is 31.2. The highest BCUT2D eigenvalue weighted by Gasteiger charge is 2.19. The van der Waals surface area contributed by atoms with Gasteiger partial charge in [-0.2, -0.15) is 0 Å². The summed E-state index contributed by atoms with van der Waals surface area (Å²) in [5, 5.41) is 3.21. The molecule has 9 heteroatoms. The van der Waals surface area contributed by atoms with Crippen LogP contribution in [0.15, 0.2) is 67.6 Å². The first-order chi connectivity index (χ1) is 15.6. The van der Waals surface area contributed by atoms with Crippen LogP contribution in [0, 0.1) is 0 Å². The minimum Gasteiger partial charge on any atom is -0.422 e. The Morgan fingerprint density at radius 1 is 1.09 bits per heavy atom. The normalized spacial score (nSPS) is 14.0. The zero-order valence-electron chi connectivity index (χ0n) is 16.7. The van der Waals surface area contributed by atoms with Crippen LogP contribution in [0.3, 0.4) is 0 Å². The topological polar surface area (TPSA) is 81.9 Å². The summed E-state index contributed by atoms with van der Waals surface area (Å²) in [7, 11) is 0. The van der Waals surface area contributed by atoms with Gasteiger partial charge in [-0.05, 0) is 30.3 Å². The number of fused-ring (bicyclic) bond motifs is 1. The van der Waals surface area contributed by atoms with Gasteiger partial charge in [0.05, 0.1) is 24.5 Å². The van der Waals surface area contributed by atoms with Crippen molar-refractivity contribution >= 4 is 44.3 Å². The minimum atomic E-state index is -0.495. The summed E-state index contributed by atoms with van der Waals surface area (Å²) in [6.45, 7) is 1.96. The molecule has 0 atom stereocenters. The second-order valence-corrected chi connectivity index (χ2v) is 8.93. The van der Waals surface area contributed by atoms with Gasteiger partial charge in [0.1, 0.15) is 16.3 Å². The van der Waals surface area contributed by atoms with Crippen LogP contribution >= 0.6 is 27.3 Å². The Bertz CT molecular complexity index is 1340. The fraction of sp³-hybridized carbons (Fsp3) is 0.174. The molecule has 0 saturated carbocycles. The molecule has 1 aliphatic rings. The largest absolute Gasteiger partial charge is 0.422 e. The molecular formula is C23H17BrN2O5S. The number of amides is 1. The number of carbonyl (C=O) groups is 1. The number of rotatable bonds is 3. The second-order valence-electron chi connectivity index (χ2n) is 7.16. The van der Waals surface area contributed by atoms with Crippen molar-refractivity contribution in [3.63, 3.8) is 0 Å². The molecule has 3 heterocycles. The highest BCUT2D eigenvalue weighted by atomic mass is 79.9. The molecular weight excluding hydrogens is 496 g/mol. The second kappa shape index (κ2) is 8.85. The number of nitrogens with zero attached hydrogens (tertiary/aromatic N) is 2. The van der Waals surface area contributed by atoms with Crippen LogP contribution in [0.2, 0.25) is 0 Å². The van der Waals surface area contributed by atoms with E-state index in [-0.39, 0.29) is 0 Å². The molecule has 1 saturated heterocycles. The predicted molar refractivity (Wildman–Crippen MR) is 125 cm³/mol. The van der Waals surface area contributed by atoms with Gasteiger partial charge in [0.15, 0.2) is 0 Å². The summed E-state index contributed by atoms with van der Waals surface area (Å²) in [6.07, 6.45) is -0.449. The van der Waals surface area contributed by atoms with Gasteiger partial charge < -0.3 is 18.8 Å². The SMILES string of the molecule is O=C(Oc1ccc2cc(-c3nc(-c4ccc(Br)cc4)cs3)c(=O)oc2c1)N1CCOCC1. The summed E-state index contributed by atoms with van der Waals surface area (Å²) in [6, 6.07) is 14.6. The maximum absolute atomic E-state index is 12.7. The van der Waals surface area contributed by atoms with E-state index >= 15 is 0 Å². The van der Waals surface area contributed by atoms with E-state index in [4.69, 9.17) is 13.9 Å². The first-order valence-corrected chi connectivity index (χ1v) is 11.6. The quantitative estimate of drug-likeness (QED) is 0.352. The highest BCUT2D eigenvalue weighted by molar-refractivity contribution is 9.10. The highest BCUT2D eigenvalue weighted by Crippen LogP contribution is 2.30. The third-order valence-electron chi connectivity index (χ3n) is 5.06. The molecule has 1 amide bonds. The van der Waals surface area contributed by atoms with Crippen LogP contribution in [-0.4, -0.2) is 42.3 Å².